The highest BCUT2D eigenvalue weighted by molar-refractivity contribution is 6.30. The van der Waals surface area contributed by atoms with Crippen molar-refractivity contribution in [2.45, 2.75) is 12.1 Å². The molecule has 2 aromatic rings. The van der Waals surface area contributed by atoms with Gasteiger partial charge in [0.1, 0.15) is 5.69 Å². The van der Waals surface area contributed by atoms with Crippen molar-refractivity contribution in [3.63, 3.8) is 0 Å². The molecule has 1 saturated heterocycles. The third-order valence-electron chi connectivity index (χ3n) is 3.93. The molecule has 0 radical (unpaired) electrons. The minimum atomic E-state index is -0.259. The summed E-state index contributed by atoms with van der Waals surface area (Å²) in [6.45, 7) is 2.28. The van der Waals surface area contributed by atoms with Crippen molar-refractivity contribution in [2.24, 2.45) is 0 Å². The van der Waals surface area contributed by atoms with Gasteiger partial charge in [-0.15, -0.1) is 0 Å². The largest absolute Gasteiger partial charge is 0.373 e. The fourth-order valence-electron chi connectivity index (χ4n) is 2.68. The standard InChI is InChI=1S/C16H19ClN4O2/c1-21-8-9-23-14(10-21)15(11-2-4-12(17)5-3-11)19-16(22)13-6-7-18-20-13/h2-7,14-15H,8-10H2,1H3,(H,18,20)(H,19,22)/t14-,15-/m0/s1. The summed E-state index contributed by atoms with van der Waals surface area (Å²) in [4.78, 5) is 14.6. The summed E-state index contributed by atoms with van der Waals surface area (Å²) < 4.78 is 5.90. The highest BCUT2D eigenvalue weighted by atomic mass is 35.5. The maximum Gasteiger partial charge on any atom is 0.269 e. The molecule has 2 atom stereocenters. The number of carbonyl (C=O) groups is 1. The van der Waals surface area contributed by atoms with Crippen LogP contribution in [0.1, 0.15) is 22.1 Å². The van der Waals surface area contributed by atoms with E-state index in [-0.39, 0.29) is 18.1 Å². The van der Waals surface area contributed by atoms with Crippen LogP contribution in [-0.4, -0.2) is 53.9 Å². The quantitative estimate of drug-likeness (QED) is 0.895. The van der Waals surface area contributed by atoms with E-state index in [1.54, 1.807) is 12.3 Å². The van der Waals surface area contributed by atoms with Gasteiger partial charge in [0, 0.05) is 24.3 Å². The van der Waals surface area contributed by atoms with E-state index in [1.807, 2.05) is 31.3 Å². The minimum absolute atomic E-state index is 0.123. The third-order valence-corrected chi connectivity index (χ3v) is 4.18. The Morgan fingerprint density at radius 2 is 2.22 bits per heavy atom. The number of H-pyrrole nitrogens is 1. The lowest BCUT2D eigenvalue weighted by Crippen LogP contribution is -2.48. The van der Waals surface area contributed by atoms with Gasteiger partial charge in [0.2, 0.25) is 0 Å². The van der Waals surface area contributed by atoms with Crippen molar-refractivity contribution in [1.82, 2.24) is 20.4 Å². The third kappa shape index (κ3) is 3.90. The number of benzene rings is 1. The summed E-state index contributed by atoms with van der Waals surface area (Å²) in [5.41, 5.74) is 1.38. The minimum Gasteiger partial charge on any atom is -0.373 e. The number of morpholine rings is 1. The maximum atomic E-state index is 12.4. The normalized spacial score (nSPS) is 20.2. The second-order valence-corrected chi connectivity index (χ2v) is 6.08. The summed E-state index contributed by atoms with van der Waals surface area (Å²) in [6, 6.07) is 8.85. The number of hydrogen-bond donors (Lipinski definition) is 2. The zero-order valence-corrected chi connectivity index (χ0v) is 13.6. The fraction of sp³-hybridized carbons (Fsp3) is 0.375. The molecule has 1 aromatic carbocycles. The Hall–Kier alpha value is -1.89. The van der Waals surface area contributed by atoms with Gasteiger partial charge in [0.25, 0.3) is 5.91 Å². The first kappa shape index (κ1) is 16.0. The van der Waals surface area contributed by atoms with E-state index in [4.69, 9.17) is 16.3 Å². The second-order valence-electron chi connectivity index (χ2n) is 5.64. The number of nitrogens with one attached hydrogen (secondary N) is 2. The van der Waals surface area contributed by atoms with Crippen LogP contribution in [0.2, 0.25) is 5.02 Å². The zero-order valence-electron chi connectivity index (χ0n) is 12.8. The summed E-state index contributed by atoms with van der Waals surface area (Å²) in [5.74, 6) is -0.209. The number of aromatic nitrogens is 2. The van der Waals surface area contributed by atoms with E-state index in [1.165, 1.54) is 0 Å². The van der Waals surface area contributed by atoms with Gasteiger partial charge >= 0.3 is 0 Å². The average molecular weight is 335 g/mol. The number of likely N-dealkylation sites (N-methyl/N-ethyl adjacent to an activating group) is 1. The van der Waals surface area contributed by atoms with Gasteiger partial charge in [-0.2, -0.15) is 5.10 Å². The molecule has 122 valence electrons. The van der Waals surface area contributed by atoms with E-state index in [2.05, 4.69) is 20.4 Å². The highest BCUT2D eigenvalue weighted by Crippen LogP contribution is 2.24. The molecule has 2 N–H and O–H groups in total. The molecule has 1 aliphatic heterocycles. The molecule has 0 aliphatic carbocycles. The van der Waals surface area contributed by atoms with Crippen LogP contribution in [0.3, 0.4) is 0 Å². The lowest BCUT2D eigenvalue weighted by Gasteiger charge is -2.35. The smallest absolute Gasteiger partial charge is 0.269 e. The van der Waals surface area contributed by atoms with Crippen LogP contribution in [-0.2, 0) is 4.74 Å². The van der Waals surface area contributed by atoms with Crippen LogP contribution >= 0.6 is 11.6 Å². The predicted octanol–water partition coefficient (Wildman–Crippen LogP) is 1.86. The van der Waals surface area contributed by atoms with Gasteiger partial charge in [0.05, 0.1) is 18.8 Å². The Morgan fingerprint density at radius 1 is 1.43 bits per heavy atom. The first-order valence-corrected chi connectivity index (χ1v) is 7.87. The number of carbonyl (C=O) groups excluding carboxylic acids is 1. The van der Waals surface area contributed by atoms with Crippen molar-refractivity contribution in [3.05, 3.63) is 52.8 Å². The second kappa shape index (κ2) is 7.12. The molecule has 0 unspecified atom stereocenters. The Bertz CT molecular complexity index is 645. The molecule has 1 aliphatic rings. The van der Waals surface area contributed by atoms with E-state index in [9.17, 15) is 4.79 Å². The van der Waals surface area contributed by atoms with Crippen LogP contribution in [0.25, 0.3) is 0 Å². The lowest BCUT2D eigenvalue weighted by atomic mass is 9.99. The SMILES string of the molecule is CN1CCO[C@H]([C@@H](NC(=O)c2ccn[nH]2)c2ccc(Cl)cc2)C1. The maximum absolute atomic E-state index is 12.4. The van der Waals surface area contributed by atoms with Gasteiger partial charge in [-0.25, -0.2) is 0 Å². The van der Waals surface area contributed by atoms with Crippen LogP contribution in [0, 0.1) is 0 Å². The van der Waals surface area contributed by atoms with Gasteiger partial charge < -0.3 is 15.0 Å². The fourth-order valence-corrected chi connectivity index (χ4v) is 2.80. The molecule has 23 heavy (non-hydrogen) atoms. The molecule has 6 nitrogen and oxygen atoms in total. The molecule has 1 amide bonds. The first-order valence-electron chi connectivity index (χ1n) is 7.49. The molecule has 1 aromatic heterocycles. The van der Waals surface area contributed by atoms with Gasteiger partial charge in [-0.1, -0.05) is 23.7 Å². The Kier molecular flexibility index (Phi) is 4.95. The van der Waals surface area contributed by atoms with Gasteiger partial charge in [-0.3, -0.25) is 9.89 Å². The average Bonchev–Trinajstić information content (AvgIpc) is 3.08. The number of halogens is 1. The van der Waals surface area contributed by atoms with Crippen LogP contribution in [0.5, 0.6) is 0 Å². The number of amides is 1. The van der Waals surface area contributed by atoms with Crippen molar-refractivity contribution in [3.8, 4) is 0 Å². The molecule has 3 rings (SSSR count). The zero-order chi connectivity index (χ0) is 16.2. The van der Waals surface area contributed by atoms with E-state index < -0.39 is 0 Å². The molecule has 1 fully saturated rings. The van der Waals surface area contributed by atoms with E-state index in [0.29, 0.717) is 17.3 Å². The number of aromatic amines is 1. The monoisotopic (exact) mass is 334 g/mol. The van der Waals surface area contributed by atoms with Crippen molar-refractivity contribution in [1.29, 1.82) is 0 Å². The summed E-state index contributed by atoms with van der Waals surface area (Å²) in [6.07, 6.45) is 1.43. The first-order chi connectivity index (χ1) is 11.1. The number of nitrogens with zero attached hydrogens (tertiary/aromatic N) is 2. The summed E-state index contributed by atoms with van der Waals surface area (Å²) >= 11 is 5.97. The summed E-state index contributed by atoms with van der Waals surface area (Å²) in [5, 5.41) is 10.2. The van der Waals surface area contributed by atoms with Crippen molar-refractivity contribution in [2.75, 3.05) is 26.7 Å². The van der Waals surface area contributed by atoms with Gasteiger partial charge in [0.15, 0.2) is 0 Å². The Morgan fingerprint density at radius 3 is 2.87 bits per heavy atom. The van der Waals surface area contributed by atoms with Crippen LogP contribution in [0.4, 0.5) is 0 Å². The molecule has 2 heterocycles. The van der Waals surface area contributed by atoms with Crippen LogP contribution in [0.15, 0.2) is 36.5 Å². The number of rotatable bonds is 4. The molecule has 0 spiro atoms. The van der Waals surface area contributed by atoms with Crippen molar-refractivity contribution >= 4 is 17.5 Å². The summed E-state index contributed by atoms with van der Waals surface area (Å²) in [7, 11) is 2.05. The predicted molar refractivity (Wildman–Crippen MR) is 87.5 cm³/mol. The number of hydrogen-bond acceptors (Lipinski definition) is 4. The molecule has 0 bridgehead atoms. The topological polar surface area (TPSA) is 70.2 Å². The Balaban J connectivity index is 1.83. The number of ether oxygens (including phenoxy) is 1. The van der Waals surface area contributed by atoms with E-state index in [0.717, 1.165) is 18.7 Å². The molecule has 0 saturated carbocycles. The Labute approximate surface area is 139 Å². The molecular weight excluding hydrogens is 316 g/mol. The lowest BCUT2D eigenvalue weighted by molar-refractivity contribution is -0.0381. The van der Waals surface area contributed by atoms with Gasteiger partial charge in [-0.05, 0) is 30.8 Å². The highest BCUT2D eigenvalue weighted by Gasteiger charge is 2.30. The van der Waals surface area contributed by atoms with Crippen LogP contribution < -0.4 is 5.32 Å². The van der Waals surface area contributed by atoms with Crippen molar-refractivity contribution < 1.29 is 9.53 Å². The molecule has 7 heteroatoms. The molecular formula is C16H19ClN4O2. The van der Waals surface area contributed by atoms with E-state index >= 15 is 0 Å².